The van der Waals surface area contributed by atoms with Crippen molar-refractivity contribution in [1.82, 2.24) is 0 Å². The molecule has 1 aromatic rings. The molecule has 0 aromatic heterocycles. The summed E-state index contributed by atoms with van der Waals surface area (Å²) in [5, 5.41) is 1.66. The van der Waals surface area contributed by atoms with Gasteiger partial charge >= 0.3 is 103 Å². The van der Waals surface area contributed by atoms with Crippen molar-refractivity contribution in [3.05, 3.63) is 41.5 Å². The maximum absolute atomic E-state index is 2.51. The summed E-state index contributed by atoms with van der Waals surface area (Å²) >= 11 is 1.62. The predicted octanol–water partition coefficient (Wildman–Crippen LogP) is 3.55. The van der Waals surface area contributed by atoms with Gasteiger partial charge in [0.25, 0.3) is 0 Å². The first kappa shape index (κ1) is 10.6. The fourth-order valence-corrected chi connectivity index (χ4v) is 5.15. The second-order valence-electron chi connectivity index (χ2n) is 4.90. The third-order valence-corrected chi connectivity index (χ3v) is 5.95. The van der Waals surface area contributed by atoms with Gasteiger partial charge in [0.15, 0.2) is 0 Å². The van der Waals surface area contributed by atoms with E-state index in [1.165, 1.54) is 5.56 Å². The van der Waals surface area contributed by atoms with Crippen molar-refractivity contribution in [3.63, 3.8) is 0 Å². The Morgan fingerprint density at radius 1 is 1.14 bits per heavy atom. The van der Waals surface area contributed by atoms with Crippen LogP contribution >= 0.6 is 0 Å². The molecule has 0 spiro atoms. The number of allylic oxidation sites excluding steroid dienone is 1. The van der Waals surface area contributed by atoms with Crippen molar-refractivity contribution in [1.29, 1.82) is 0 Å². The SMILES string of the molecule is C[Si](C)(C)C1=C[CH]([Zr])c2ccccc21. The molecule has 1 aliphatic carbocycles. The van der Waals surface area contributed by atoms with Gasteiger partial charge in [0.05, 0.1) is 0 Å². The Labute approximate surface area is 102 Å². The molecule has 1 unspecified atom stereocenters. The Morgan fingerprint density at radius 2 is 1.79 bits per heavy atom. The van der Waals surface area contributed by atoms with Gasteiger partial charge in [0.1, 0.15) is 0 Å². The van der Waals surface area contributed by atoms with E-state index >= 15 is 0 Å². The van der Waals surface area contributed by atoms with Gasteiger partial charge in [0, 0.05) is 0 Å². The van der Waals surface area contributed by atoms with Crippen LogP contribution in [0.4, 0.5) is 0 Å². The van der Waals surface area contributed by atoms with Crippen LogP contribution in [0.2, 0.25) is 19.6 Å². The Kier molecular flexibility index (Phi) is 2.70. The normalized spacial score (nSPS) is 20.4. The van der Waals surface area contributed by atoms with Crippen LogP contribution in [0, 0.1) is 0 Å². The number of hydrogen-bond donors (Lipinski definition) is 0. The molecule has 2 rings (SSSR count). The van der Waals surface area contributed by atoms with Crippen LogP contribution in [-0.4, -0.2) is 8.07 Å². The minimum absolute atomic E-state index is 0.708. The average Bonchev–Trinajstić information content (AvgIpc) is 2.44. The third-order valence-electron chi connectivity index (χ3n) is 2.73. The van der Waals surface area contributed by atoms with E-state index in [1.54, 1.807) is 35.5 Å². The molecule has 14 heavy (non-hydrogen) atoms. The van der Waals surface area contributed by atoms with Crippen molar-refractivity contribution >= 4 is 13.3 Å². The first-order valence-electron chi connectivity index (χ1n) is 5.03. The molecule has 0 fully saturated rings. The van der Waals surface area contributed by atoms with E-state index in [2.05, 4.69) is 50.0 Å². The molecule has 0 bridgehead atoms. The molecule has 1 atom stereocenters. The standard InChI is InChI=1S/C12H15Si.Zr/c1-13(2,3)12-9-8-10-6-4-5-7-11(10)12;/h4-9H,1-3H3;. The molecule has 0 N–H and O–H groups in total. The fourth-order valence-electron chi connectivity index (χ4n) is 2.01. The van der Waals surface area contributed by atoms with Gasteiger partial charge in [-0.2, -0.15) is 0 Å². The molecular formula is C12H15SiZr. The summed E-state index contributed by atoms with van der Waals surface area (Å²) in [6.07, 6.45) is 2.51. The van der Waals surface area contributed by atoms with Crippen molar-refractivity contribution < 1.29 is 24.7 Å². The van der Waals surface area contributed by atoms with Crippen LogP contribution in [-0.2, 0) is 24.7 Å². The van der Waals surface area contributed by atoms with E-state index in [1.807, 2.05) is 0 Å². The number of fused-ring (bicyclic) bond motifs is 1. The second kappa shape index (κ2) is 3.57. The molecular weight excluding hydrogens is 263 g/mol. The number of hydrogen-bond acceptors (Lipinski definition) is 0. The zero-order chi connectivity index (χ0) is 10.3. The molecule has 0 amide bonds. The van der Waals surface area contributed by atoms with Gasteiger partial charge in [-0.1, -0.05) is 0 Å². The summed E-state index contributed by atoms with van der Waals surface area (Å²) in [7, 11) is -1.14. The molecule has 71 valence electrons. The van der Waals surface area contributed by atoms with Crippen molar-refractivity contribution in [2.75, 3.05) is 0 Å². The summed E-state index contributed by atoms with van der Waals surface area (Å²) in [5.41, 5.74) is 3.09. The zero-order valence-corrected chi connectivity index (χ0v) is 12.4. The van der Waals surface area contributed by atoms with E-state index in [9.17, 15) is 0 Å². The first-order chi connectivity index (χ1) is 6.50. The Morgan fingerprint density at radius 3 is 2.43 bits per heavy atom. The Balaban J connectivity index is 2.54. The van der Waals surface area contributed by atoms with Crippen LogP contribution in [0.3, 0.4) is 0 Å². The molecule has 1 aliphatic rings. The van der Waals surface area contributed by atoms with E-state index in [4.69, 9.17) is 0 Å². The summed E-state index contributed by atoms with van der Waals surface area (Å²) in [6.45, 7) is 7.30. The molecule has 0 saturated heterocycles. The van der Waals surface area contributed by atoms with Gasteiger partial charge in [-0.15, -0.1) is 0 Å². The first-order valence-corrected chi connectivity index (χ1v) is 9.95. The van der Waals surface area contributed by atoms with Gasteiger partial charge in [0.2, 0.25) is 0 Å². The van der Waals surface area contributed by atoms with E-state index < -0.39 is 8.07 Å². The fraction of sp³-hybridized carbons (Fsp3) is 0.333. The summed E-state index contributed by atoms with van der Waals surface area (Å²) in [4.78, 5) is 0. The van der Waals surface area contributed by atoms with Crippen LogP contribution in [0.15, 0.2) is 30.3 Å². The van der Waals surface area contributed by atoms with Crippen molar-refractivity contribution in [2.24, 2.45) is 0 Å². The van der Waals surface area contributed by atoms with Gasteiger partial charge in [-0.05, 0) is 0 Å². The van der Waals surface area contributed by atoms with Crippen LogP contribution < -0.4 is 0 Å². The zero-order valence-electron chi connectivity index (χ0n) is 8.96. The number of benzene rings is 1. The van der Waals surface area contributed by atoms with Gasteiger partial charge in [-0.3, -0.25) is 0 Å². The molecule has 0 radical (unpaired) electrons. The van der Waals surface area contributed by atoms with Crippen molar-refractivity contribution in [2.45, 2.75) is 23.3 Å². The topological polar surface area (TPSA) is 0 Å². The van der Waals surface area contributed by atoms with Crippen molar-refractivity contribution in [3.8, 4) is 0 Å². The maximum atomic E-state index is 2.51. The monoisotopic (exact) mass is 277 g/mol. The number of rotatable bonds is 1. The molecule has 0 saturated carbocycles. The molecule has 0 nitrogen and oxygen atoms in total. The summed E-state index contributed by atoms with van der Waals surface area (Å²) in [5.74, 6) is 0. The second-order valence-corrected chi connectivity index (χ2v) is 11.5. The molecule has 2 heteroatoms. The molecule has 0 aliphatic heterocycles. The van der Waals surface area contributed by atoms with Gasteiger partial charge in [-0.25, -0.2) is 0 Å². The Bertz CT molecular complexity index is 388. The van der Waals surface area contributed by atoms with Gasteiger partial charge < -0.3 is 0 Å². The van der Waals surface area contributed by atoms with Crippen LogP contribution in [0.25, 0.3) is 5.20 Å². The summed E-state index contributed by atoms with van der Waals surface area (Å²) in [6, 6.07) is 8.92. The third kappa shape index (κ3) is 1.75. The minimum atomic E-state index is -1.14. The molecule has 1 aromatic carbocycles. The Hall–Kier alpha value is 0.0600. The predicted molar refractivity (Wildman–Crippen MR) is 60.5 cm³/mol. The summed E-state index contributed by atoms with van der Waals surface area (Å²) < 4.78 is 0.708. The average molecular weight is 279 g/mol. The van der Waals surface area contributed by atoms with E-state index in [0.29, 0.717) is 3.63 Å². The quantitative estimate of drug-likeness (QED) is 0.689. The molecule has 0 heterocycles. The van der Waals surface area contributed by atoms with E-state index in [-0.39, 0.29) is 0 Å². The van der Waals surface area contributed by atoms with Crippen LogP contribution in [0.5, 0.6) is 0 Å². The van der Waals surface area contributed by atoms with Crippen LogP contribution in [0.1, 0.15) is 14.8 Å². The van der Waals surface area contributed by atoms with E-state index in [0.717, 1.165) is 0 Å².